The van der Waals surface area contributed by atoms with Crippen LogP contribution in [0.3, 0.4) is 0 Å². The molecule has 0 unspecified atom stereocenters. The molecule has 0 spiro atoms. The molecule has 4 amide bonds. The Hall–Kier alpha value is -0.188. The van der Waals surface area contributed by atoms with E-state index in [9.17, 15) is 19.2 Å². The molecule has 0 aliphatic heterocycles. The summed E-state index contributed by atoms with van der Waals surface area (Å²) in [6.07, 6.45) is 14.4. The predicted molar refractivity (Wildman–Crippen MR) is 275 cm³/mol. The van der Waals surface area contributed by atoms with Gasteiger partial charge in [0.25, 0.3) is 0 Å². The summed E-state index contributed by atoms with van der Waals surface area (Å²) in [4.78, 5) is 47.2. The number of hydrogen-bond donors (Lipinski definition) is 4. The number of nitrogens with zero attached hydrogens (tertiary/aromatic N) is 6. The molecule has 0 aliphatic rings. The fraction of sp³-hybridized carbons (Fsp3) is 0.810. The summed E-state index contributed by atoms with van der Waals surface area (Å²) in [5, 5.41) is 22.5. The van der Waals surface area contributed by atoms with E-state index in [2.05, 4.69) is 47.5 Å². The summed E-state index contributed by atoms with van der Waals surface area (Å²) in [6, 6.07) is 0. The maximum absolute atomic E-state index is 11.3. The zero-order chi connectivity index (χ0) is 51.6. The summed E-state index contributed by atoms with van der Waals surface area (Å²) < 4.78 is 54.9. The second-order valence-corrected chi connectivity index (χ2v) is 16.7. The van der Waals surface area contributed by atoms with Gasteiger partial charge in [0.05, 0.1) is 161 Å². The fourth-order valence-electron chi connectivity index (χ4n) is 4.43. The molecule has 5 radical (unpaired) electrons. The van der Waals surface area contributed by atoms with Crippen LogP contribution in [0.4, 0.5) is 0 Å². The molecule has 0 aliphatic carbocycles. The molecule has 1 heterocycles. The number of aromatic nitrogens is 3. The quantitative estimate of drug-likeness (QED) is 0.0230. The molecule has 0 aromatic carbocycles. The molecule has 24 nitrogen and oxygen atoms in total. The van der Waals surface area contributed by atoms with E-state index in [1.807, 2.05) is 31.2 Å². The number of hydrogen-bond acceptors (Lipinski definition) is 21. The van der Waals surface area contributed by atoms with Crippen molar-refractivity contribution >= 4 is 70.7 Å². The molecule has 1 rings (SSSR count). The Morgan fingerprint density at radius 1 is 0.533 bits per heavy atom. The van der Waals surface area contributed by atoms with E-state index in [4.69, 9.17) is 59.3 Å². The molecule has 33 heteroatoms. The molecular weight excluding hydrogens is 1250 g/mol. The largest absolute Gasteiger partial charge is 0.379 e. The van der Waals surface area contributed by atoms with Crippen LogP contribution in [-0.4, -0.2) is 245 Å². The first-order valence-corrected chi connectivity index (χ1v) is 28.0. The molecule has 429 valence electrons. The molecule has 0 atom stereocenters. The van der Waals surface area contributed by atoms with Crippen LogP contribution < -0.4 is 21.3 Å². The number of nitrogens with one attached hydrogen (secondary N) is 4. The van der Waals surface area contributed by atoms with Crippen molar-refractivity contribution in [2.24, 2.45) is 5.11 Å². The van der Waals surface area contributed by atoms with Crippen molar-refractivity contribution in [2.45, 2.75) is 13.2 Å². The monoisotopic (exact) mass is 1330 g/mol. The Balaban J connectivity index is -0.000000197. The smallest absolute Gasteiger partial charge is 0.230 e. The summed E-state index contributed by atoms with van der Waals surface area (Å²) >= 11 is 5.96. The summed E-state index contributed by atoms with van der Waals surface area (Å²) in [5.41, 5.74) is 8.73. The SMILES string of the molecule is C#CCOCCOCCOCCNC(=O)CSC.CSCC(=O)NCCOCCOCCN=[N+]=[N-].CSCC(=O)NCCOCCOCCOCc1cn(CCOCCOCCNC(=O)CSC)nn1.[V].[V].[V].[V].[V]. The van der Waals surface area contributed by atoms with Crippen molar-refractivity contribution in [3.8, 4) is 12.3 Å². The number of azide groups is 1. The van der Waals surface area contributed by atoms with Gasteiger partial charge < -0.3 is 68.6 Å². The van der Waals surface area contributed by atoms with Gasteiger partial charge in [-0.05, 0) is 30.6 Å². The van der Waals surface area contributed by atoms with Gasteiger partial charge in [0.15, 0.2) is 0 Å². The number of rotatable bonds is 47. The van der Waals surface area contributed by atoms with Crippen LogP contribution in [0.5, 0.6) is 0 Å². The van der Waals surface area contributed by atoms with E-state index < -0.39 is 0 Å². The van der Waals surface area contributed by atoms with Crippen molar-refractivity contribution in [1.29, 1.82) is 0 Å². The van der Waals surface area contributed by atoms with Crippen LogP contribution in [0.15, 0.2) is 11.3 Å². The second kappa shape index (κ2) is 75.9. The minimum Gasteiger partial charge on any atom is -0.379 e. The number of thioether (sulfide) groups is 4. The van der Waals surface area contributed by atoms with Gasteiger partial charge in [-0.15, -0.1) is 11.5 Å². The maximum atomic E-state index is 11.3. The van der Waals surface area contributed by atoms with E-state index in [0.717, 1.165) is 5.69 Å². The van der Waals surface area contributed by atoms with Crippen LogP contribution in [0, 0.1) is 12.3 Å². The van der Waals surface area contributed by atoms with Crippen LogP contribution in [0.1, 0.15) is 5.69 Å². The molecule has 4 N–H and O–H groups in total. The van der Waals surface area contributed by atoms with Gasteiger partial charge in [0.2, 0.25) is 23.6 Å². The maximum Gasteiger partial charge on any atom is 0.230 e. The average Bonchev–Trinajstić information content (AvgIpc) is 3.80. The third kappa shape index (κ3) is 73.8. The van der Waals surface area contributed by atoms with Gasteiger partial charge in [0.1, 0.15) is 12.3 Å². The van der Waals surface area contributed by atoms with E-state index in [1.165, 1.54) is 47.0 Å². The molecular formula is C42H78N10O14S4V5. The van der Waals surface area contributed by atoms with E-state index >= 15 is 0 Å². The molecule has 1 aromatic rings. The fourth-order valence-corrected chi connectivity index (χ4v) is 5.89. The first kappa shape index (κ1) is 88.6. The molecule has 75 heavy (non-hydrogen) atoms. The molecule has 1 aromatic heterocycles. The Labute approximate surface area is 520 Å². The number of amides is 4. The Morgan fingerprint density at radius 2 is 0.853 bits per heavy atom. The first-order chi connectivity index (χ1) is 34.3. The minimum absolute atomic E-state index is 0. The Bertz CT molecular complexity index is 1500. The normalized spacial score (nSPS) is 9.75. The van der Waals surface area contributed by atoms with Crippen LogP contribution in [-0.2, 0) is 172 Å². The third-order valence-electron chi connectivity index (χ3n) is 7.49. The molecule has 0 saturated heterocycles. The Morgan fingerprint density at radius 3 is 1.20 bits per heavy atom. The average molecular weight is 1330 g/mol. The predicted octanol–water partition coefficient (Wildman–Crippen LogP) is 0.765. The standard InChI is InChI=1S/C21H39N5O7S2.C12H21NO4S.C9H18N4O3S.5V/c1-34-17-20(27)22-3-6-29-9-11-31-8-5-26-15-19(24-25-26)16-33-14-13-32-12-10-30-7-4-23-21(28)18-35-2;1-3-5-15-7-9-17-10-8-16-6-4-13-12(14)11-18-2;1-17-8-9(14)11-2-4-15-6-7-16-5-3-12-13-10;;;;;/h15H,3-14,16-18H2,1-2H3,(H,22,27)(H,23,28);1H,4-11H2,2H3,(H,13,14);2-8H2,1H3,(H,11,14);;;;;. The van der Waals surface area contributed by atoms with Crippen LogP contribution >= 0.6 is 47.0 Å². The van der Waals surface area contributed by atoms with Crippen molar-refractivity contribution < 1.29 is 159 Å². The van der Waals surface area contributed by atoms with Crippen molar-refractivity contribution in [2.75, 3.05) is 206 Å². The van der Waals surface area contributed by atoms with Crippen molar-refractivity contribution in [1.82, 2.24) is 36.3 Å². The van der Waals surface area contributed by atoms with Gasteiger partial charge in [-0.1, -0.05) is 16.2 Å². The summed E-state index contributed by atoms with van der Waals surface area (Å²) in [7, 11) is 0. The van der Waals surface area contributed by atoms with E-state index in [0.29, 0.717) is 194 Å². The van der Waals surface area contributed by atoms with Crippen LogP contribution in [0.2, 0.25) is 0 Å². The third-order valence-corrected chi connectivity index (χ3v) is 9.70. The summed E-state index contributed by atoms with van der Waals surface area (Å²) in [6.45, 7) is 12.2. The zero-order valence-electron chi connectivity index (χ0n) is 43.6. The number of ether oxygens (including phenoxy) is 10. The van der Waals surface area contributed by atoms with E-state index in [-0.39, 0.29) is 116 Å². The zero-order valence-corrected chi connectivity index (χ0v) is 53.9. The topological polar surface area (TPSA) is 288 Å². The summed E-state index contributed by atoms with van der Waals surface area (Å²) in [5.74, 6) is 4.36. The Kier molecular flexibility index (Phi) is 89.7. The second-order valence-electron chi connectivity index (χ2n) is 13.3. The van der Waals surface area contributed by atoms with Gasteiger partial charge in [0, 0.05) is 130 Å². The number of carbonyl (C=O) groups excluding carboxylic acids is 4. The van der Waals surface area contributed by atoms with Gasteiger partial charge in [-0.2, -0.15) is 47.0 Å². The van der Waals surface area contributed by atoms with Gasteiger partial charge >= 0.3 is 0 Å². The number of terminal acetylenes is 1. The molecule has 0 saturated carbocycles. The van der Waals surface area contributed by atoms with Crippen molar-refractivity contribution in [3.05, 3.63) is 22.3 Å². The minimum atomic E-state index is 0. The number of carbonyl (C=O) groups is 4. The first-order valence-electron chi connectivity index (χ1n) is 22.4. The molecule has 0 fully saturated rings. The van der Waals surface area contributed by atoms with Crippen LogP contribution in [0.25, 0.3) is 10.4 Å². The van der Waals surface area contributed by atoms with Gasteiger partial charge in [-0.3, -0.25) is 19.2 Å². The molecule has 0 bridgehead atoms. The van der Waals surface area contributed by atoms with Crippen molar-refractivity contribution in [3.63, 3.8) is 0 Å². The van der Waals surface area contributed by atoms with E-state index in [1.54, 1.807) is 4.68 Å². The van der Waals surface area contributed by atoms with Gasteiger partial charge in [-0.25, -0.2) is 4.68 Å².